The van der Waals surface area contributed by atoms with Gasteiger partial charge in [-0.05, 0) is 59.1 Å². The molecule has 0 aliphatic carbocycles. The molecule has 18 heavy (non-hydrogen) atoms. The Balaban J connectivity index is 2.25. The quantitative estimate of drug-likeness (QED) is 0.919. The number of hydrogen-bond acceptors (Lipinski definition) is 2. The molecule has 0 saturated carbocycles. The highest BCUT2D eigenvalue weighted by Gasteiger charge is 2.11. The smallest absolute Gasteiger partial charge is 0.257 e. The first-order valence-corrected chi connectivity index (χ1v) is 6.36. The molecule has 4 heteroatoms. The highest BCUT2D eigenvalue weighted by Crippen LogP contribution is 2.20. The van der Waals surface area contributed by atoms with Crippen LogP contribution in [0.15, 0.2) is 41.0 Å². The summed E-state index contributed by atoms with van der Waals surface area (Å²) in [5.74, 6) is 0.429. The lowest BCUT2D eigenvalue weighted by molar-refractivity contribution is 0.102. The predicted octanol–water partition coefficient (Wildman–Crippen LogP) is 3.71. The highest BCUT2D eigenvalue weighted by molar-refractivity contribution is 9.10. The Hall–Kier alpha value is -1.68. The number of anilines is 1. The molecule has 2 rings (SSSR count). The molecule has 3 nitrogen and oxygen atoms in total. The van der Waals surface area contributed by atoms with Crippen LogP contribution < -0.4 is 5.32 Å². The number of hydrogen-bond donors (Lipinski definition) is 1. The number of nitrogens with zero attached hydrogens (tertiary/aromatic N) is 1. The van der Waals surface area contributed by atoms with Gasteiger partial charge in [0.15, 0.2) is 0 Å². The molecule has 0 fully saturated rings. The molecule has 1 aromatic carbocycles. The highest BCUT2D eigenvalue weighted by atomic mass is 79.9. The maximum Gasteiger partial charge on any atom is 0.257 e. The van der Waals surface area contributed by atoms with Gasteiger partial charge < -0.3 is 5.32 Å². The lowest BCUT2D eigenvalue weighted by atomic mass is 10.1. The monoisotopic (exact) mass is 304 g/mol. The molecule has 1 heterocycles. The first-order chi connectivity index (χ1) is 8.58. The number of halogens is 1. The van der Waals surface area contributed by atoms with Crippen LogP contribution in [-0.2, 0) is 0 Å². The van der Waals surface area contributed by atoms with Gasteiger partial charge in [-0.2, -0.15) is 0 Å². The summed E-state index contributed by atoms with van der Waals surface area (Å²) in [6, 6.07) is 9.37. The van der Waals surface area contributed by atoms with Gasteiger partial charge in [0.2, 0.25) is 0 Å². The Morgan fingerprint density at radius 1 is 1.28 bits per heavy atom. The Morgan fingerprint density at radius 2 is 2.06 bits per heavy atom. The van der Waals surface area contributed by atoms with Crippen molar-refractivity contribution in [2.45, 2.75) is 13.8 Å². The molecule has 1 aromatic heterocycles. The van der Waals surface area contributed by atoms with Crippen molar-refractivity contribution in [3.05, 3.63) is 57.7 Å². The minimum Gasteiger partial charge on any atom is -0.306 e. The fourth-order valence-electron chi connectivity index (χ4n) is 1.60. The number of aryl methyl sites for hydroxylation is 2. The molecule has 1 amide bonds. The molecule has 1 N–H and O–H groups in total. The van der Waals surface area contributed by atoms with E-state index in [9.17, 15) is 4.79 Å². The van der Waals surface area contributed by atoms with Crippen LogP contribution >= 0.6 is 15.9 Å². The van der Waals surface area contributed by atoms with Gasteiger partial charge in [0.05, 0.1) is 5.56 Å². The van der Waals surface area contributed by atoms with E-state index in [0.717, 1.165) is 15.6 Å². The fraction of sp³-hybridized carbons (Fsp3) is 0.143. The molecule has 0 spiro atoms. The van der Waals surface area contributed by atoms with E-state index in [1.54, 1.807) is 12.3 Å². The molecule has 0 aliphatic rings. The van der Waals surface area contributed by atoms with Gasteiger partial charge in [0.25, 0.3) is 5.91 Å². The number of benzene rings is 1. The zero-order valence-corrected chi connectivity index (χ0v) is 11.8. The predicted molar refractivity (Wildman–Crippen MR) is 75.8 cm³/mol. The number of rotatable bonds is 2. The van der Waals surface area contributed by atoms with E-state index >= 15 is 0 Å². The normalized spacial score (nSPS) is 10.2. The summed E-state index contributed by atoms with van der Waals surface area (Å²) < 4.78 is 0.786. The molecule has 0 radical (unpaired) electrons. The number of amides is 1. The number of aromatic nitrogens is 1. The number of carbonyl (C=O) groups excluding carboxylic acids is 1. The largest absolute Gasteiger partial charge is 0.306 e. The van der Waals surface area contributed by atoms with E-state index in [2.05, 4.69) is 26.2 Å². The summed E-state index contributed by atoms with van der Waals surface area (Å²) in [6.07, 6.45) is 1.66. The van der Waals surface area contributed by atoms with Crippen LogP contribution in [0.25, 0.3) is 0 Å². The average molecular weight is 305 g/mol. The molecule has 0 unspecified atom stereocenters. The first kappa shape index (κ1) is 12.8. The second-order valence-electron chi connectivity index (χ2n) is 4.11. The van der Waals surface area contributed by atoms with Gasteiger partial charge in [-0.3, -0.25) is 4.79 Å². The minimum absolute atomic E-state index is 0.163. The molecule has 0 atom stereocenters. The van der Waals surface area contributed by atoms with Crippen LogP contribution in [0.2, 0.25) is 0 Å². The third kappa shape index (κ3) is 2.76. The van der Waals surface area contributed by atoms with Crippen LogP contribution in [0.3, 0.4) is 0 Å². The van der Waals surface area contributed by atoms with Gasteiger partial charge >= 0.3 is 0 Å². The Kier molecular flexibility index (Phi) is 3.77. The maximum atomic E-state index is 12.1. The molecule has 0 saturated heterocycles. The van der Waals surface area contributed by atoms with E-state index in [1.165, 1.54) is 0 Å². The second-order valence-corrected chi connectivity index (χ2v) is 4.96. The summed E-state index contributed by atoms with van der Waals surface area (Å²) in [4.78, 5) is 16.3. The van der Waals surface area contributed by atoms with Crippen molar-refractivity contribution in [2.75, 3.05) is 5.32 Å². The van der Waals surface area contributed by atoms with Crippen LogP contribution in [0, 0.1) is 13.8 Å². The molecule has 0 aliphatic heterocycles. The summed E-state index contributed by atoms with van der Waals surface area (Å²) in [6.45, 7) is 3.89. The third-order valence-electron chi connectivity index (χ3n) is 2.61. The van der Waals surface area contributed by atoms with Gasteiger partial charge in [-0.25, -0.2) is 4.98 Å². The Morgan fingerprint density at radius 3 is 2.72 bits per heavy atom. The van der Waals surface area contributed by atoms with Crippen LogP contribution in [0.1, 0.15) is 21.5 Å². The number of carbonyl (C=O) groups is 1. The van der Waals surface area contributed by atoms with Gasteiger partial charge in [0.1, 0.15) is 5.82 Å². The molecule has 92 valence electrons. The van der Waals surface area contributed by atoms with Gasteiger partial charge in [0, 0.05) is 10.7 Å². The topological polar surface area (TPSA) is 42.0 Å². The van der Waals surface area contributed by atoms with E-state index in [-0.39, 0.29) is 5.91 Å². The van der Waals surface area contributed by atoms with Crippen molar-refractivity contribution in [1.29, 1.82) is 0 Å². The molecule has 0 bridgehead atoms. The Bertz CT molecular complexity index is 596. The van der Waals surface area contributed by atoms with Crippen LogP contribution in [0.5, 0.6) is 0 Å². The van der Waals surface area contributed by atoms with E-state index in [4.69, 9.17) is 0 Å². The van der Waals surface area contributed by atoms with Gasteiger partial charge in [-0.1, -0.05) is 12.1 Å². The van der Waals surface area contributed by atoms with E-state index < -0.39 is 0 Å². The zero-order valence-electron chi connectivity index (χ0n) is 10.2. The molecular weight excluding hydrogens is 292 g/mol. The van der Waals surface area contributed by atoms with Crippen molar-refractivity contribution >= 4 is 27.7 Å². The minimum atomic E-state index is -0.163. The fourth-order valence-corrected chi connectivity index (χ4v) is 2.27. The SMILES string of the molecule is Cc1ccc(C(=O)Nc2ncccc2C)c(Br)c1. The summed E-state index contributed by atoms with van der Waals surface area (Å²) >= 11 is 3.40. The summed E-state index contributed by atoms with van der Waals surface area (Å²) in [5, 5.41) is 2.81. The van der Waals surface area contributed by atoms with Gasteiger partial charge in [-0.15, -0.1) is 0 Å². The average Bonchev–Trinajstić information content (AvgIpc) is 2.32. The van der Waals surface area contributed by atoms with Crippen LogP contribution in [0.4, 0.5) is 5.82 Å². The summed E-state index contributed by atoms with van der Waals surface area (Å²) in [7, 11) is 0. The van der Waals surface area contributed by atoms with Crippen molar-refractivity contribution in [3.8, 4) is 0 Å². The van der Waals surface area contributed by atoms with Crippen molar-refractivity contribution < 1.29 is 4.79 Å². The number of nitrogens with one attached hydrogen (secondary N) is 1. The Labute approximate surface area is 114 Å². The lowest BCUT2D eigenvalue weighted by Gasteiger charge is -2.08. The molecular formula is C14H13BrN2O. The summed E-state index contributed by atoms with van der Waals surface area (Å²) in [5.41, 5.74) is 2.65. The maximum absolute atomic E-state index is 12.1. The standard InChI is InChI=1S/C14H13BrN2O/c1-9-5-6-11(12(15)8-9)14(18)17-13-10(2)4-3-7-16-13/h3-8H,1-2H3,(H,16,17,18). The van der Waals surface area contributed by atoms with E-state index in [1.807, 2.05) is 38.1 Å². The second kappa shape index (κ2) is 5.31. The third-order valence-corrected chi connectivity index (χ3v) is 3.27. The van der Waals surface area contributed by atoms with Crippen molar-refractivity contribution in [2.24, 2.45) is 0 Å². The number of pyridine rings is 1. The van der Waals surface area contributed by atoms with Crippen molar-refractivity contribution in [1.82, 2.24) is 4.98 Å². The van der Waals surface area contributed by atoms with Crippen molar-refractivity contribution in [3.63, 3.8) is 0 Å². The lowest BCUT2D eigenvalue weighted by Crippen LogP contribution is -2.14. The zero-order chi connectivity index (χ0) is 13.1. The van der Waals surface area contributed by atoms with Crippen LogP contribution in [-0.4, -0.2) is 10.9 Å². The molecule has 2 aromatic rings. The first-order valence-electron chi connectivity index (χ1n) is 5.57. The van der Waals surface area contributed by atoms with E-state index in [0.29, 0.717) is 11.4 Å².